The number of rotatable bonds is 2. The highest BCUT2D eigenvalue weighted by Crippen LogP contribution is 2.52. The lowest BCUT2D eigenvalue weighted by molar-refractivity contribution is 0.372. The fourth-order valence-electron chi connectivity index (χ4n) is 3.77. The number of hydrogen-bond donors (Lipinski definition) is 1. The summed E-state index contributed by atoms with van der Waals surface area (Å²) in [6, 6.07) is 5.86. The number of fused-ring (bicyclic) bond motifs is 2. The van der Waals surface area contributed by atoms with E-state index in [9.17, 15) is 0 Å². The Morgan fingerprint density at radius 3 is 2.90 bits per heavy atom. The Hall–Kier alpha value is -1.11. The number of nitrogens with zero attached hydrogens (tertiary/aromatic N) is 2. The van der Waals surface area contributed by atoms with Crippen LogP contribution in [0.15, 0.2) is 22.7 Å². The third kappa shape index (κ3) is 2.03. The quantitative estimate of drug-likeness (QED) is 0.635. The highest BCUT2D eigenvalue weighted by molar-refractivity contribution is 14.1. The van der Waals surface area contributed by atoms with Gasteiger partial charge in [0.1, 0.15) is 0 Å². The second kappa shape index (κ2) is 4.72. The first-order chi connectivity index (χ1) is 9.70. The van der Waals surface area contributed by atoms with Gasteiger partial charge in [-0.05, 0) is 71.9 Å². The van der Waals surface area contributed by atoms with Crippen molar-refractivity contribution in [3.8, 4) is 11.5 Å². The summed E-state index contributed by atoms with van der Waals surface area (Å²) in [4.78, 5) is 4.62. The third-order valence-corrected chi connectivity index (χ3v) is 5.43. The van der Waals surface area contributed by atoms with E-state index in [2.05, 4.69) is 32.7 Å². The molecule has 2 aliphatic rings. The maximum absolute atomic E-state index is 6.01. The zero-order valence-corrected chi connectivity index (χ0v) is 13.2. The summed E-state index contributed by atoms with van der Waals surface area (Å²) in [6.45, 7) is 0. The zero-order valence-electron chi connectivity index (χ0n) is 11.1. The molecule has 4 nitrogen and oxygen atoms in total. The molecule has 0 radical (unpaired) electrons. The summed E-state index contributed by atoms with van der Waals surface area (Å²) in [5, 5.41) is 4.22. The van der Waals surface area contributed by atoms with Crippen LogP contribution in [0.1, 0.15) is 37.4 Å². The van der Waals surface area contributed by atoms with Crippen molar-refractivity contribution in [2.75, 3.05) is 5.73 Å². The minimum absolute atomic E-state index is 0.496. The van der Waals surface area contributed by atoms with Gasteiger partial charge in [0.15, 0.2) is 5.82 Å². The number of nitrogens with two attached hydrogens (primary N) is 1. The molecule has 2 aliphatic carbocycles. The van der Waals surface area contributed by atoms with Crippen LogP contribution in [0.4, 0.5) is 5.69 Å². The van der Waals surface area contributed by atoms with Crippen molar-refractivity contribution in [1.82, 2.24) is 10.1 Å². The number of aromatic nitrogens is 2. The smallest absolute Gasteiger partial charge is 0.260 e. The summed E-state index contributed by atoms with van der Waals surface area (Å²) in [5.41, 5.74) is 7.55. The molecule has 2 fully saturated rings. The van der Waals surface area contributed by atoms with E-state index in [-0.39, 0.29) is 0 Å². The number of halogens is 1. The number of hydrogen-bond acceptors (Lipinski definition) is 4. The van der Waals surface area contributed by atoms with Gasteiger partial charge in [-0.2, -0.15) is 4.98 Å². The van der Waals surface area contributed by atoms with Gasteiger partial charge in [-0.25, -0.2) is 0 Å². The van der Waals surface area contributed by atoms with E-state index in [4.69, 9.17) is 10.3 Å². The first-order valence-electron chi connectivity index (χ1n) is 7.09. The maximum Gasteiger partial charge on any atom is 0.260 e. The van der Waals surface area contributed by atoms with Crippen molar-refractivity contribution in [2.24, 2.45) is 11.8 Å². The van der Waals surface area contributed by atoms with Gasteiger partial charge in [0.05, 0.1) is 5.56 Å². The second-order valence-electron chi connectivity index (χ2n) is 5.97. The molecule has 104 valence electrons. The van der Waals surface area contributed by atoms with Crippen molar-refractivity contribution < 1.29 is 4.52 Å². The highest BCUT2D eigenvalue weighted by atomic mass is 127. The lowest BCUT2D eigenvalue weighted by atomic mass is 9.88. The molecule has 2 aromatic rings. The van der Waals surface area contributed by atoms with Gasteiger partial charge in [-0.3, -0.25) is 0 Å². The van der Waals surface area contributed by atoms with Gasteiger partial charge in [-0.1, -0.05) is 11.6 Å². The molecule has 1 aromatic carbocycles. The Morgan fingerprint density at radius 2 is 2.15 bits per heavy atom. The Bertz CT molecular complexity index is 654. The van der Waals surface area contributed by atoms with Crippen molar-refractivity contribution in [3.63, 3.8) is 0 Å². The van der Waals surface area contributed by atoms with Crippen LogP contribution in [0.2, 0.25) is 0 Å². The summed E-state index contributed by atoms with van der Waals surface area (Å²) < 4.78 is 6.58. The Balaban J connectivity index is 1.66. The van der Waals surface area contributed by atoms with E-state index in [1.54, 1.807) is 0 Å². The van der Waals surface area contributed by atoms with Crippen LogP contribution in [0, 0.1) is 15.4 Å². The molecule has 0 spiro atoms. The molecular formula is C15H16IN3O. The van der Waals surface area contributed by atoms with Crippen molar-refractivity contribution >= 4 is 28.3 Å². The number of benzene rings is 1. The topological polar surface area (TPSA) is 64.9 Å². The maximum atomic E-state index is 6.01. The van der Waals surface area contributed by atoms with E-state index in [1.807, 2.05) is 18.2 Å². The van der Waals surface area contributed by atoms with Crippen molar-refractivity contribution in [1.29, 1.82) is 0 Å². The highest BCUT2D eigenvalue weighted by Gasteiger charge is 2.42. The normalized spacial score (nSPS) is 28.1. The second-order valence-corrected chi connectivity index (χ2v) is 7.22. The lowest BCUT2D eigenvalue weighted by Crippen LogP contribution is -2.09. The van der Waals surface area contributed by atoms with E-state index < -0.39 is 0 Å². The van der Waals surface area contributed by atoms with Crippen molar-refractivity contribution in [3.05, 3.63) is 27.6 Å². The van der Waals surface area contributed by atoms with E-state index >= 15 is 0 Å². The van der Waals surface area contributed by atoms with Gasteiger partial charge in [0, 0.05) is 15.2 Å². The molecule has 2 N–H and O–H groups in total. The fraction of sp³-hybridized carbons (Fsp3) is 0.467. The average Bonchev–Trinajstić information content (AvgIpc) is 3.15. The van der Waals surface area contributed by atoms with Crippen LogP contribution in [0.3, 0.4) is 0 Å². The molecule has 0 saturated heterocycles. The van der Waals surface area contributed by atoms with E-state index in [0.717, 1.165) is 26.8 Å². The molecular weight excluding hydrogens is 365 g/mol. The molecule has 1 aromatic heterocycles. The molecule has 20 heavy (non-hydrogen) atoms. The molecule has 3 atom stereocenters. The standard InChI is InChI=1S/C15H16IN3O/c16-10-3-4-13(17)12(7-10)15-18-14(19-20-15)11-6-8-1-2-9(11)5-8/h3-4,7-9,11H,1-2,5-6,17H2. The minimum Gasteiger partial charge on any atom is -0.398 e. The molecule has 0 amide bonds. The summed E-state index contributed by atoms with van der Waals surface area (Å²) in [5.74, 6) is 3.58. The number of anilines is 1. The van der Waals surface area contributed by atoms with Gasteiger partial charge >= 0.3 is 0 Å². The predicted octanol–water partition coefficient (Wildman–Crippen LogP) is 3.83. The van der Waals surface area contributed by atoms with Crippen LogP contribution in [0.5, 0.6) is 0 Å². The third-order valence-electron chi connectivity index (χ3n) is 4.76. The molecule has 5 heteroatoms. The molecule has 4 rings (SSSR count). The first-order valence-corrected chi connectivity index (χ1v) is 8.17. The van der Waals surface area contributed by atoms with Gasteiger partial charge < -0.3 is 10.3 Å². The van der Waals surface area contributed by atoms with Crippen LogP contribution in [0.25, 0.3) is 11.5 Å². The molecule has 3 unspecified atom stereocenters. The van der Waals surface area contributed by atoms with E-state index in [0.29, 0.717) is 17.5 Å². The summed E-state index contributed by atoms with van der Waals surface area (Å²) >= 11 is 2.26. The van der Waals surface area contributed by atoms with Crippen LogP contribution >= 0.6 is 22.6 Å². The first kappa shape index (κ1) is 12.6. The average molecular weight is 381 g/mol. The molecule has 1 heterocycles. The zero-order chi connectivity index (χ0) is 13.7. The largest absolute Gasteiger partial charge is 0.398 e. The van der Waals surface area contributed by atoms with Crippen molar-refractivity contribution in [2.45, 2.75) is 31.6 Å². The fourth-order valence-corrected chi connectivity index (χ4v) is 4.26. The minimum atomic E-state index is 0.496. The molecule has 2 saturated carbocycles. The van der Waals surface area contributed by atoms with Gasteiger partial charge in [0.2, 0.25) is 0 Å². The Morgan fingerprint density at radius 1 is 1.25 bits per heavy atom. The van der Waals surface area contributed by atoms with E-state index in [1.165, 1.54) is 25.7 Å². The monoisotopic (exact) mass is 381 g/mol. The van der Waals surface area contributed by atoms with Crippen LogP contribution in [-0.4, -0.2) is 10.1 Å². The summed E-state index contributed by atoms with van der Waals surface area (Å²) in [6.07, 6.45) is 5.28. The van der Waals surface area contributed by atoms with Gasteiger partial charge in [0.25, 0.3) is 5.89 Å². The number of nitrogen functional groups attached to an aromatic ring is 1. The summed E-state index contributed by atoms with van der Waals surface area (Å²) in [7, 11) is 0. The van der Waals surface area contributed by atoms with Crippen LogP contribution < -0.4 is 5.73 Å². The van der Waals surface area contributed by atoms with Crippen LogP contribution in [-0.2, 0) is 0 Å². The predicted molar refractivity (Wildman–Crippen MR) is 85.1 cm³/mol. The lowest BCUT2D eigenvalue weighted by Gasteiger charge is -2.17. The SMILES string of the molecule is Nc1ccc(I)cc1-c1nc(C2CC3CCC2C3)no1. The Kier molecular flexibility index (Phi) is 2.98. The van der Waals surface area contributed by atoms with Gasteiger partial charge in [-0.15, -0.1) is 0 Å². The Labute approximate surface area is 131 Å². The molecule has 2 bridgehead atoms. The molecule has 0 aliphatic heterocycles.